The van der Waals surface area contributed by atoms with Crippen LogP contribution >= 0.6 is 0 Å². The van der Waals surface area contributed by atoms with Crippen molar-refractivity contribution in [1.82, 2.24) is 4.90 Å². The van der Waals surface area contributed by atoms with Crippen LogP contribution in [0.25, 0.3) is 0 Å². The highest BCUT2D eigenvalue weighted by atomic mass is 19.4. The van der Waals surface area contributed by atoms with Crippen LogP contribution in [0, 0.1) is 11.8 Å². The van der Waals surface area contributed by atoms with Crippen LogP contribution in [0.2, 0.25) is 0 Å². The van der Waals surface area contributed by atoms with Crippen LogP contribution in [-0.2, 0) is 15.8 Å². The van der Waals surface area contributed by atoms with Gasteiger partial charge in [-0.15, -0.1) is 0 Å². The number of benzene rings is 1. The Balaban J connectivity index is 2.02. The Morgan fingerprint density at radius 3 is 2.61 bits per heavy atom. The molecule has 3 atom stereocenters. The molecule has 0 saturated heterocycles. The molecule has 0 aromatic heterocycles. The van der Waals surface area contributed by atoms with Gasteiger partial charge in [0.25, 0.3) is 0 Å². The molecule has 1 aromatic rings. The highest BCUT2D eigenvalue weighted by Crippen LogP contribution is 2.49. The fourth-order valence-corrected chi connectivity index (χ4v) is 2.64. The van der Waals surface area contributed by atoms with Gasteiger partial charge in [-0.25, -0.2) is 0 Å². The minimum Gasteiger partial charge on any atom is -0.481 e. The van der Waals surface area contributed by atoms with Crippen LogP contribution in [0.1, 0.15) is 30.4 Å². The Kier molecular flexibility index (Phi) is 4.68. The number of nitrogens with zero attached hydrogens (tertiary/aromatic N) is 1. The second-order valence-electron chi connectivity index (χ2n) is 6.03. The van der Waals surface area contributed by atoms with E-state index in [4.69, 9.17) is 5.11 Å². The topological polar surface area (TPSA) is 57.6 Å². The third kappa shape index (κ3) is 4.03. The fourth-order valence-electron chi connectivity index (χ4n) is 2.64. The molecule has 0 radical (unpaired) electrons. The standard InChI is InChI=1S/C16H18F3NO3/c1-9(15(22)23)8-20(2)14(21)13-7-12(13)10-4-3-5-11(6-10)16(17,18)19/h3-6,9,12-13H,7-8H2,1-2H3,(H,22,23). The van der Waals surface area contributed by atoms with Crippen molar-refractivity contribution in [3.63, 3.8) is 0 Å². The molecule has 1 saturated carbocycles. The molecule has 126 valence electrons. The maximum Gasteiger partial charge on any atom is 0.416 e. The van der Waals surface area contributed by atoms with E-state index in [1.54, 1.807) is 6.07 Å². The highest BCUT2D eigenvalue weighted by molar-refractivity contribution is 5.83. The second-order valence-corrected chi connectivity index (χ2v) is 6.03. The van der Waals surface area contributed by atoms with E-state index in [9.17, 15) is 22.8 Å². The SMILES string of the molecule is CC(CN(C)C(=O)C1CC1c1cccc(C(F)(F)F)c1)C(=O)O. The zero-order chi connectivity index (χ0) is 17.4. The van der Waals surface area contributed by atoms with E-state index in [0.717, 1.165) is 12.1 Å². The molecular weight excluding hydrogens is 311 g/mol. The maximum absolute atomic E-state index is 12.7. The number of hydrogen-bond donors (Lipinski definition) is 1. The number of amides is 1. The molecular formula is C16H18F3NO3. The molecule has 1 N–H and O–H groups in total. The van der Waals surface area contributed by atoms with Gasteiger partial charge in [0, 0.05) is 19.5 Å². The summed E-state index contributed by atoms with van der Waals surface area (Å²) in [5, 5.41) is 8.86. The molecule has 0 heterocycles. The smallest absolute Gasteiger partial charge is 0.416 e. The highest BCUT2D eigenvalue weighted by Gasteiger charge is 2.46. The molecule has 1 amide bonds. The average Bonchev–Trinajstić information content (AvgIpc) is 3.25. The number of hydrogen-bond acceptors (Lipinski definition) is 2. The van der Waals surface area contributed by atoms with Crippen LogP contribution in [0.5, 0.6) is 0 Å². The molecule has 1 aliphatic carbocycles. The number of alkyl halides is 3. The van der Waals surface area contributed by atoms with Gasteiger partial charge in [0.05, 0.1) is 11.5 Å². The Hall–Kier alpha value is -2.05. The van der Waals surface area contributed by atoms with Crippen molar-refractivity contribution in [3.05, 3.63) is 35.4 Å². The summed E-state index contributed by atoms with van der Waals surface area (Å²) in [6, 6.07) is 5.02. The quantitative estimate of drug-likeness (QED) is 0.903. The first-order valence-electron chi connectivity index (χ1n) is 7.26. The number of rotatable bonds is 5. The first-order chi connectivity index (χ1) is 10.6. The van der Waals surface area contributed by atoms with E-state index in [0.29, 0.717) is 12.0 Å². The van der Waals surface area contributed by atoms with E-state index in [-0.39, 0.29) is 24.3 Å². The van der Waals surface area contributed by atoms with Gasteiger partial charge in [-0.1, -0.05) is 25.1 Å². The Labute approximate surface area is 131 Å². The molecule has 2 rings (SSSR count). The number of aliphatic carboxylic acids is 1. The second kappa shape index (κ2) is 6.22. The van der Waals surface area contributed by atoms with Crippen LogP contribution < -0.4 is 0 Å². The lowest BCUT2D eigenvalue weighted by Crippen LogP contribution is -2.34. The minimum atomic E-state index is -4.40. The molecule has 3 unspecified atom stereocenters. The lowest BCUT2D eigenvalue weighted by atomic mass is 10.0. The van der Waals surface area contributed by atoms with E-state index in [2.05, 4.69) is 0 Å². The van der Waals surface area contributed by atoms with Crippen LogP contribution in [0.3, 0.4) is 0 Å². The zero-order valence-electron chi connectivity index (χ0n) is 12.8. The van der Waals surface area contributed by atoms with Crippen LogP contribution in [0.15, 0.2) is 24.3 Å². The van der Waals surface area contributed by atoms with Crippen molar-refractivity contribution in [2.75, 3.05) is 13.6 Å². The van der Waals surface area contributed by atoms with E-state index in [1.165, 1.54) is 24.9 Å². The predicted molar refractivity (Wildman–Crippen MR) is 76.7 cm³/mol. The molecule has 7 heteroatoms. The van der Waals surface area contributed by atoms with E-state index >= 15 is 0 Å². The first-order valence-corrected chi connectivity index (χ1v) is 7.26. The Bertz CT molecular complexity index is 615. The summed E-state index contributed by atoms with van der Waals surface area (Å²) in [4.78, 5) is 24.4. The Morgan fingerprint density at radius 1 is 1.39 bits per heavy atom. The van der Waals surface area contributed by atoms with E-state index < -0.39 is 23.6 Å². The molecule has 23 heavy (non-hydrogen) atoms. The van der Waals surface area contributed by atoms with Gasteiger partial charge in [-0.05, 0) is 24.0 Å². The fraction of sp³-hybridized carbons (Fsp3) is 0.500. The van der Waals surface area contributed by atoms with Crippen molar-refractivity contribution in [2.24, 2.45) is 11.8 Å². The number of halogens is 3. The average molecular weight is 329 g/mol. The zero-order valence-corrected chi connectivity index (χ0v) is 12.8. The predicted octanol–water partition coefficient (Wildman–Crippen LogP) is 2.99. The van der Waals surface area contributed by atoms with Crippen molar-refractivity contribution in [3.8, 4) is 0 Å². The normalized spacial score (nSPS) is 21.6. The molecule has 0 aliphatic heterocycles. The monoisotopic (exact) mass is 329 g/mol. The third-order valence-electron chi connectivity index (χ3n) is 4.10. The number of carboxylic acids is 1. The molecule has 1 fully saturated rings. The summed E-state index contributed by atoms with van der Waals surface area (Å²) in [5.41, 5.74) is -0.223. The van der Waals surface area contributed by atoms with Gasteiger partial charge in [0.2, 0.25) is 5.91 Å². The van der Waals surface area contributed by atoms with Crippen LogP contribution in [-0.4, -0.2) is 35.5 Å². The number of carbonyl (C=O) groups excluding carboxylic acids is 1. The van der Waals surface area contributed by atoms with Crippen LogP contribution in [0.4, 0.5) is 13.2 Å². The van der Waals surface area contributed by atoms with Gasteiger partial charge in [-0.3, -0.25) is 9.59 Å². The lowest BCUT2D eigenvalue weighted by molar-refractivity contribution is -0.143. The Morgan fingerprint density at radius 2 is 2.04 bits per heavy atom. The van der Waals surface area contributed by atoms with E-state index in [1.807, 2.05) is 0 Å². The molecule has 1 aliphatic rings. The van der Waals surface area contributed by atoms with Crippen molar-refractivity contribution in [2.45, 2.75) is 25.4 Å². The van der Waals surface area contributed by atoms with Crippen molar-refractivity contribution in [1.29, 1.82) is 0 Å². The summed E-state index contributed by atoms with van der Waals surface area (Å²) in [6.07, 6.45) is -3.91. The summed E-state index contributed by atoms with van der Waals surface area (Å²) >= 11 is 0. The van der Waals surface area contributed by atoms with Gasteiger partial charge >= 0.3 is 12.1 Å². The molecule has 4 nitrogen and oxygen atoms in total. The summed E-state index contributed by atoms with van der Waals surface area (Å²) in [7, 11) is 1.52. The van der Waals surface area contributed by atoms with Gasteiger partial charge in [0.1, 0.15) is 0 Å². The molecule has 1 aromatic carbocycles. The summed E-state index contributed by atoms with van der Waals surface area (Å²) in [5.74, 6) is -2.50. The molecule has 0 bridgehead atoms. The number of carbonyl (C=O) groups is 2. The van der Waals surface area contributed by atoms with Gasteiger partial charge in [-0.2, -0.15) is 13.2 Å². The minimum absolute atomic E-state index is 0.0833. The lowest BCUT2D eigenvalue weighted by Gasteiger charge is -2.19. The van der Waals surface area contributed by atoms with Gasteiger partial charge < -0.3 is 10.0 Å². The maximum atomic E-state index is 12.7. The summed E-state index contributed by atoms with van der Waals surface area (Å²) in [6.45, 7) is 1.59. The first kappa shape index (κ1) is 17.3. The third-order valence-corrected chi connectivity index (χ3v) is 4.10. The van der Waals surface area contributed by atoms with Gasteiger partial charge in [0.15, 0.2) is 0 Å². The van der Waals surface area contributed by atoms with Crippen molar-refractivity contribution >= 4 is 11.9 Å². The largest absolute Gasteiger partial charge is 0.481 e. The molecule has 0 spiro atoms. The summed E-state index contributed by atoms with van der Waals surface area (Å²) < 4.78 is 38.2. The van der Waals surface area contributed by atoms with Crippen molar-refractivity contribution < 1.29 is 27.9 Å². The number of carboxylic acid groups (broad SMARTS) is 1.